The zero-order valence-electron chi connectivity index (χ0n) is 14.8. The van der Waals surface area contributed by atoms with Crippen molar-refractivity contribution in [3.05, 3.63) is 38.9 Å². The summed E-state index contributed by atoms with van der Waals surface area (Å²) in [6.45, 7) is 6.72. The summed E-state index contributed by atoms with van der Waals surface area (Å²) in [5, 5.41) is 0.679. The molecule has 1 aliphatic rings. The molecule has 2 aromatic rings. The van der Waals surface area contributed by atoms with Gasteiger partial charge in [0.15, 0.2) is 0 Å². The van der Waals surface area contributed by atoms with Crippen molar-refractivity contribution in [3.63, 3.8) is 0 Å². The lowest BCUT2D eigenvalue weighted by Crippen LogP contribution is -2.40. The van der Waals surface area contributed by atoms with Gasteiger partial charge in [-0.15, -0.1) is 0 Å². The molecule has 0 saturated carbocycles. The molecule has 0 unspecified atom stereocenters. The molecule has 130 valence electrons. The van der Waals surface area contributed by atoms with Crippen molar-refractivity contribution in [2.24, 2.45) is 13.0 Å². The Morgan fingerprint density at radius 2 is 2.21 bits per heavy atom. The van der Waals surface area contributed by atoms with Crippen molar-refractivity contribution >= 4 is 26.8 Å². The molecule has 1 aromatic carbocycles. The molecule has 0 radical (unpaired) electrons. The van der Waals surface area contributed by atoms with Crippen LogP contribution in [-0.4, -0.2) is 27.5 Å². The monoisotopic (exact) mass is 391 g/mol. The van der Waals surface area contributed by atoms with Crippen molar-refractivity contribution < 1.29 is 0 Å². The zero-order chi connectivity index (χ0) is 17.3. The van der Waals surface area contributed by atoms with Gasteiger partial charge in [0.2, 0.25) is 0 Å². The summed E-state index contributed by atoms with van der Waals surface area (Å²) in [5.74, 6) is 1.62. The lowest BCUT2D eigenvalue weighted by atomic mass is 9.97. The average Bonchev–Trinajstić information content (AvgIpc) is 2.57. The molecule has 0 amide bonds. The van der Waals surface area contributed by atoms with Crippen LogP contribution in [0.3, 0.4) is 0 Å². The number of halogens is 1. The number of fused-ring (bicyclic) bond motifs is 1. The van der Waals surface area contributed by atoms with E-state index in [9.17, 15) is 4.79 Å². The van der Waals surface area contributed by atoms with E-state index in [0.717, 1.165) is 41.7 Å². The summed E-state index contributed by atoms with van der Waals surface area (Å²) in [5.41, 5.74) is 0.838. The number of nitrogens with zero attached hydrogens (tertiary/aromatic N) is 3. The first-order valence-electron chi connectivity index (χ1n) is 8.91. The van der Waals surface area contributed by atoms with Crippen molar-refractivity contribution in [1.29, 1.82) is 0 Å². The maximum absolute atomic E-state index is 12.8. The van der Waals surface area contributed by atoms with Crippen LogP contribution in [0.5, 0.6) is 0 Å². The summed E-state index contributed by atoms with van der Waals surface area (Å²) in [6.07, 6.45) is 4.65. The van der Waals surface area contributed by atoms with Gasteiger partial charge in [0.1, 0.15) is 5.82 Å². The highest BCUT2D eigenvalue weighted by molar-refractivity contribution is 9.10. The Kier molecular flexibility index (Phi) is 5.40. The van der Waals surface area contributed by atoms with Gasteiger partial charge in [-0.25, -0.2) is 4.98 Å². The van der Waals surface area contributed by atoms with E-state index in [1.165, 1.54) is 12.8 Å². The summed E-state index contributed by atoms with van der Waals surface area (Å²) in [4.78, 5) is 20.3. The first-order valence-corrected chi connectivity index (χ1v) is 9.70. The van der Waals surface area contributed by atoms with E-state index in [-0.39, 0.29) is 11.6 Å². The van der Waals surface area contributed by atoms with Gasteiger partial charge in [0.05, 0.1) is 16.9 Å². The standard InChI is InChI=1S/C19H26BrN3O/c1-4-6-17(23-10-5-7-13(2)12-23)18-21-16-9-8-14(20)11-15(16)19(24)22(18)3/h8-9,11,13,17H,4-7,10,12H2,1-3H3/t13-,17-/m1/s1. The Morgan fingerprint density at radius 1 is 1.42 bits per heavy atom. The van der Waals surface area contributed by atoms with Gasteiger partial charge in [-0.2, -0.15) is 0 Å². The summed E-state index contributed by atoms with van der Waals surface area (Å²) in [6, 6.07) is 5.98. The SMILES string of the molecule is CCC[C@H](c1nc2ccc(Br)cc2c(=O)n1C)N1CCC[C@@H](C)C1. The van der Waals surface area contributed by atoms with E-state index in [2.05, 4.69) is 34.7 Å². The lowest BCUT2D eigenvalue weighted by Gasteiger charge is -2.37. The van der Waals surface area contributed by atoms with Gasteiger partial charge < -0.3 is 0 Å². The van der Waals surface area contributed by atoms with Crippen LogP contribution >= 0.6 is 15.9 Å². The topological polar surface area (TPSA) is 38.1 Å². The number of hydrogen-bond acceptors (Lipinski definition) is 3. The van der Waals surface area contributed by atoms with Gasteiger partial charge in [0.25, 0.3) is 5.56 Å². The fourth-order valence-corrected chi connectivity index (χ4v) is 4.18. The Hall–Kier alpha value is -1.20. The van der Waals surface area contributed by atoms with Gasteiger partial charge >= 0.3 is 0 Å². The Labute approximate surface area is 152 Å². The molecule has 24 heavy (non-hydrogen) atoms. The van der Waals surface area contributed by atoms with Crippen molar-refractivity contribution in [1.82, 2.24) is 14.5 Å². The molecule has 1 saturated heterocycles. The molecule has 5 heteroatoms. The summed E-state index contributed by atoms with van der Waals surface area (Å²) in [7, 11) is 1.86. The molecular formula is C19H26BrN3O. The second-order valence-corrected chi connectivity index (χ2v) is 7.96. The van der Waals surface area contributed by atoms with Crippen molar-refractivity contribution in [3.8, 4) is 0 Å². The molecule has 0 aliphatic carbocycles. The molecule has 2 atom stereocenters. The first kappa shape index (κ1) is 17.6. The Balaban J connectivity index is 2.08. The predicted molar refractivity (Wildman–Crippen MR) is 102 cm³/mol. The first-order chi connectivity index (χ1) is 11.5. The highest BCUT2D eigenvalue weighted by atomic mass is 79.9. The molecule has 0 spiro atoms. The van der Waals surface area contributed by atoms with E-state index in [0.29, 0.717) is 11.3 Å². The van der Waals surface area contributed by atoms with Gasteiger partial charge in [-0.05, 0) is 49.9 Å². The molecule has 3 rings (SSSR count). The molecule has 4 nitrogen and oxygen atoms in total. The van der Waals surface area contributed by atoms with E-state index in [4.69, 9.17) is 4.98 Å². The van der Waals surface area contributed by atoms with Crippen molar-refractivity contribution in [2.75, 3.05) is 13.1 Å². The van der Waals surface area contributed by atoms with Gasteiger partial charge in [0, 0.05) is 18.1 Å². The van der Waals surface area contributed by atoms with Crippen LogP contribution < -0.4 is 5.56 Å². The molecular weight excluding hydrogens is 366 g/mol. The van der Waals surface area contributed by atoms with E-state index >= 15 is 0 Å². The maximum atomic E-state index is 12.8. The highest BCUT2D eigenvalue weighted by Crippen LogP contribution is 2.29. The number of hydrogen-bond donors (Lipinski definition) is 0. The number of piperidine rings is 1. The van der Waals surface area contributed by atoms with Crippen LogP contribution in [0, 0.1) is 5.92 Å². The van der Waals surface area contributed by atoms with Crippen molar-refractivity contribution in [2.45, 2.75) is 45.6 Å². The maximum Gasteiger partial charge on any atom is 0.261 e. The second-order valence-electron chi connectivity index (χ2n) is 7.04. The molecule has 0 bridgehead atoms. The predicted octanol–water partition coefficient (Wildman–Crippen LogP) is 4.27. The minimum Gasteiger partial charge on any atom is -0.298 e. The third-order valence-electron chi connectivity index (χ3n) is 5.06. The third kappa shape index (κ3) is 3.42. The largest absolute Gasteiger partial charge is 0.298 e. The van der Waals surface area contributed by atoms with E-state index in [1.54, 1.807) is 4.57 Å². The quantitative estimate of drug-likeness (QED) is 0.780. The summed E-state index contributed by atoms with van der Waals surface area (Å²) >= 11 is 3.45. The molecule has 0 N–H and O–H groups in total. The minimum absolute atomic E-state index is 0.0439. The van der Waals surface area contributed by atoms with E-state index in [1.807, 2.05) is 25.2 Å². The van der Waals surface area contributed by atoms with Crippen LogP contribution in [-0.2, 0) is 7.05 Å². The molecule has 1 fully saturated rings. The molecule has 1 aliphatic heterocycles. The van der Waals surface area contributed by atoms with Gasteiger partial charge in [-0.3, -0.25) is 14.3 Å². The average molecular weight is 392 g/mol. The van der Waals surface area contributed by atoms with Crippen LogP contribution in [0.1, 0.15) is 51.4 Å². The summed E-state index contributed by atoms with van der Waals surface area (Å²) < 4.78 is 2.67. The lowest BCUT2D eigenvalue weighted by molar-refractivity contribution is 0.115. The number of likely N-dealkylation sites (tertiary alicyclic amines) is 1. The van der Waals surface area contributed by atoms with E-state index < -0.39 is 0 Å². The van der Waals surface area contributed by atoms with Crippen LogP contribution in [0.25, 0.3) is 10.9 Å². The van der Waals surface area contributed by atoms with Crippen LogP contribution in [0.15, 0.2) is 27.5 Å². The fraction of sp³-hybridized carbons (Fsp3) is 0.579. The Morgan fingerprint density at radius 3 is 2.92 bits per heavy atom. The molecule has 1 aromatic heterocycles. The number of aromatic nitrogens is 2. The number of benzene rings is 1. The van der Waals surface area contributed by atoms with Gasteiger partial charge in [-0.1, -0.05) is 36.2 Å². The van der Waals surface area contributed by atoms with Crippen LogP contribution in [0.4, 0.5) is 0 Å². The third-order valence-corrected chi connectivity index (χ3v) is 5.55. The minimum atomic E-state index is 0.0439. The fourth-order valence-electron chi connectivity index (χ4n) is 3.82. The second kappa shape index (κ2) is 7.36. The normalized spacial score (nSPS) is 20.4. The van der Waals surface area contributed by atoms with Crippen LogP contribution in [0.2, 0.25) is 0 Å². The molecule has 2 heterocycles. The zero-order valence-corrected chi connectivity index (χ0v) is 16.3. The number of rotatable bonds is 4. The highest BCUT2D eigenvalue weighted by Gasteiger charge is 2.27. The smallest absolute Gasteiger partial charge is 0.261 e. The Bertz CT molecular complexity index is 786.